The molecular weight excluding hydrogens is 256 g/mol. The largest absolute Gasteiger partial charge is 0.378 e. The van der Waals surface area contributed by atoms with Crippen LogP contribution in [0.1, 0.15) is 0 Å². The van der Waals surface area contributed by atoms with E-state index in [2.05, 4.69) is 27.8 Å². The van der Waals surface area contributed by atoms with Gasteiger partial charge in [-0.2, -0.15) is 0 Å². The van der Waals surface area contributed by atoms with Gasteiger partial charge in [0.25, 0.3) is 0 Å². The number of hydrogen-bond acceptors (Lipinski definition) is 1. The van der Waals surface area contributed by atoms with E-state index >= 15 is 0 Å². The van der Waals surface area contributed by atoms with Crippen molar-refractivity contribution in [1.29, 1.82) is 0 Å². The highest BCUT2D eigenvalue weighted by Gasteiger charge is 2.01. The van der Waals surface area contributed by atoms with Crippen LogP contribution >= 0.6 is 27.5 Å². The smallest absolute Gasteiger partial charge is 0.147 e. The maximum atomic E-state index is 13.1. The molecule has 1 aromatic carbocycles. The van der Waals surface area contributed by atoms with Gasteiger partial charge >= 0.3 is 0 Å². The summed E-state index contributed by atoms with van der Waals surface area (Å²) in [5.74, 6) is -0.313. The first-order chi connectivity index (χ1) is 6.09. The Morgan fingerprint density at radius 1 is 1.62 bits per heavy atom. The molecule has 0 saturated heterocycles. The Bertz CT molecular complexity index is 327. The first-order valence-electron chi connectivity index (χ1n) is 3.62. The first kappa shape index (κ1) is 10.5. The van der Waals surface area contributed by atoms with Crippen LogP contribution in [0.25, 0.3) is 0 Å². The van der Waals surface area contributed by atoms with Gasteiger partial charge in [-0.3, -0.25) is 0 Å². The van der Waals surface area contributed by atoms with Gasteiger partial charge in [0.1, 0.15) is 5.82 Å². The molecular formula is C9H8BrClFN. The summed E-state index contributed by atoms with van der Waals surface area (Å²) >= 11 is 8.69. The van der Waals surface area contributed by atoms with Crippen molar-refractivity contribution in [2.45, 2.75) is 0 Å². The third-order valence-electron chi connectivity index (χ3n) is 1.40. The zero-order valence-electron chi connectivity index (χ0n) is 6.78. The quantitative estimate of drug-likeness (QED) is 0.877. The van der Waals surface area contributed by atoms with E-state index in [1.807, 2.05) is 0 Å². The molecule has 0 spiro atoms. The lowest BCUT2D eigenvalue weighted by molar-refractivity contribution is 0.630. The Morgan fingerprint density at radius 2 is 2.31 bits per heavy atom. The fourth-order valence-electron chi connectivity index (χ4n) is 0.824. The van der Waals surface area contributed by atoms with Gasteiger partial charge in [-0.15, -0.1) is 0 Å². The Morgan fingerprint density at radius 3 is 2.85 bits per heavy atom. The summed E-state index contributed by atoms with van der Waals surface area (Å²) in [6.45, 7) is 3.85. The molecule has 0 aliphatic rings. The van der Waals surface area contributed by atoms with Crippen molar-refractivity contribution in [3.63, 3.8) is 0 Å². The maximum Gasteiger partial charge on any atom is 0.147 e. The summed E-state index contributed by atoms with van der Waals surface area (Å²) in [4.78, 5) is 0. The van der Waals surface area contributed by atoms with Crippen molar-refractivity contribution in [2.24, 2.45) is 0 Å². The molecule has 13 heavy (non-hydrogen) atoms. The molecule has 1 nitrogen and oxygen atoms in total. The van der Waals surface area contributed by atoms with Gasteiger partial charge in [-0.25, -0.2) is 4.39 Å². The Balaban J connectivity index is 2.72. The van der Waals surface area contributed by atoms with Crippen LogP contribution in [0.15, 0.2) is 34.3 Å². The normalized spacial score (nSPS) is 9.77. The van der Waals surface area contributed by atoms with E-state index in [1.54, 1.807) is 12.1 Å². The summed E-state index contributed by atoms with van der Waals surface area (Å²) < 4.78 is 13.8. The van der Waals surface area contributed by atoms with Crippen molar-refractivity contribution in [2.75, 3.05) is 11.9 Å². The van der Waals surface area contributed by atoms with Gasteiger partial charge in [0.15, 0.2) is 0 Å². The molecule has 0 aliphatic heterocycles. The number of nitrogens with one attached hydrogen (secondary N) is 1. The van der Waals surface area contributed by atoms with Crippen LogP contribution in [-0.4, -0.2) is 6.54 Å². The SMILES string of the molecule is C=C(Cl)CNc1ccc(Br)cc1F. The van der Waals surface area contributed by atoms with Crippen molar-refractivity contribution >= 4 is 33.2 Å². The van der Waals surface area contributed by atoms with Crippen molar-refractivity contribution in [3.8, 4) is 0 Å². The fourth-order valence-corrected chi connectivity index (χ4v) is 1.22. The molecule has 1 rings (SSSR count). The van der Waals surface area contributed by atoms with E-state index in [0.29, 0.717) is 21.7 Å². The highest BCUT2D eigenvalue weighted by molar-refractivity contribution is 9.10. The molecule has 0 aliphatic carbocycles. The third-order valence-corrected chi connectivity index (χ3v) is 2.03. The Hall–Kier alpha value is -0.540. The molecule has 0 bridgehead atoms. The highest BCUT2D eigenvalue weighted by atomic mass is 79.9. The van der Waals surface area contributed by atoms with Gasteiger partial charge in [-0.05, 0) is 18.2 Å². The predicted molar refractivity (Wildman–Crippen MR) is 57.6 cm³/mol. The summed E-state index contributed by atoms with van der Waals surface area (Å²) in [5.41, 5.74) is 0.421. The van der Waals surface area contributed by atoms with Gasteiger partial charge in [-0.1, -0.05) is 34.1 Å². The van der Waals surface area contributed by atoms with E-state index in [1.165, 1.54) is 6.07 Å². The van der Waals surface area contributed by atoms with Crippen LogP contribution in [0.3, 0.4) is 0 Å². The average Bonchev–Trinajstić information content (AvgIpc) is 2.02. The molecule has 70 valence electrons. The molecule has 0 radical (unpaired) electrons. The van der Waals surface area contributed by atoms with Crippen LogP contribution in [0.4, 0.5) is 10.1 Å². The second-order valence-electron chi connectivity index (χ2n) is 2.49. The molecule has 0 aromatic heterocycles. The molecule has 0 fully saturated rings. The molecule has 0 saturated carbocycles. The Labute approximate surface area is 89.7 Å². The van der Waals surface area contributed by atoms with E-state index in [9.17, 15) is 4.39 Å². The highest BCUT2D eigenvalue weighted by Crippen LogP contribution is 2.19. The number of halogens is 3. The van der Waals surface area contributed by atoms with Crippen molar-refractivity contribution in [3.05, 3.63) is 40.1 Å². The molecule has 0 amide bonds. The zero-order chi connectivity index (χ0) is 9.84. The van der Waals surface area contributed by atoms with Crippen LogP contribution in [0, 0.1) is 5.82 Å². The second-order valence-corrected chi connectivity index (χ2v) is 3.95. The molecule has 1 N–H and O–H groups in total. The number of benzene rings is 1. The van der Waals surface area contributed by atoms with Gasteiger partial charge in [0, 0.05) is 9.51 Å². The summed E-state index contributed by atoms with van der Waals surface area (Å²) in [6.07, 6.45) is 0. The topological polar surface area (TPSA) is 12.0 Å². The predicted octanol–water partition coefficient (Wildman–Crippen LogP) is 3.75. The van der Waals surface area contributed by atoms with Gasteiger partial charge in [0.2, 0.25) is 0 Å². The van der Waals surface area contributed by atoms with E-state index < -0.39 is 0 Å². The number of hydrogen-bond donors (Lipinski definition) is 1. The number of rotatable bonds is 3. The third kappa shape index (κ3) is 3.36. The summed E-state index contributed by atoms with van der Waals surface area (Å²) in [5, 5.41) is 3.26. The molecule has 1 aromatic rings. The monoisotopic (exact) mass is 263 g/mol. The first-order valence-corrected chi connectivity index (χ1v) is 4.79. The van der Waals surface area contributed by atoms with Crippen LogP contribution in [-0.2, 0) is 0 Å². The van der Waals surface area contributed by atoms with E-state index in [4.69, 9.17) is 11.6 Å². The zero-order valence-corrected chi connectivity index (χ0v) is 9.12. The second kappa shape index (κ2) is 4.63. The van der Waals surface area contributed by atoms with Crippen molar-refractivity contribution < 1.29 is 4.39 Å². The lowest BCUT2D eigenvalue weighted by Gasteiger charge is -2.05. The van der Waals surface area contributed by atoms with Crippen LogP contribution < -0.4 is 5.32 Å². The molecule has 4 heteroatoms. The molecule has 0 unspecified atom stereocenters. The lowest BCUT2D eigenvalue weighted by atomic mass is 10.3. The van der Waals surface area contributed by atoms with Crippen LogP contribution in [0.5, 0.6) is 0 Å². The lowest BCUT2D eigenvalue weighted by Crippen LogP contribution is -2.02. The van der Waals surface area contributed by atoms with E-state index in [0.717, 1.165) is 0 Å². The van der Waals surface area contributed by atoms with E-state index in [-0.39, 0.29) is 5.82 Å². The molecule has 0 heterocycles. The van der Waals surface area contributed by atoms with Crippen LogP contribution in [0.2, 0.25) is 0 Å². The number of anilines is 1. The average molecular weight is 265 g/mol. The standard InChI is InChI=1S/C9H8BrClFN/c1-6(11)5-13-9-3-2-7(10)4-8(9)12/h2-4,13H,1,5H2. The fraction of sp³-hybridized carbons (Fsp3) is 0.111. The summed E-state index contributed by atoms with van der Waals surface area (Å²) in [6, 6.07) is 4.78. The minimum atomic E-state index is -0.313. The Kier molecular flexibility index (Phi) is 3.75. The maximum absolute atomic E-state index is 13.1. The molecule has 0 atom stereocenters. The minimum Gasteiger partial charge on any atom is -0.378 e. The van der Waals surface area contributed by atoms with Crippen molar-refractivity contribution in [1.82, 2.24) is 0 Å². The van der Waals surface area contributed by atoms with Gasteiger partial charge in [0.05, 0.1) is 12.2 Å². The van der Waals surface area contributed by atoms with Gasteiger partial charge < -0.3 is 5.32 Å². The minimum absolute atomic E-state index is 0.313. The summed E-state index contributed by atoms with van der Waals surface area (Å²) in [7, 11) is 0.